The Hall–Kier alpha value is -6.37. The second kappa shape index (κ2) is 10.1. The van der Waals surface area contributed by atoms with E-state index in [1.807, 2.05) is 12.1 Å². The van der Waals surface area contributed by atoms with Crippen molar-refractivity contribution in [3.63, 3.8) is 0 Å². The van der Waals surface area contributed by atoms with Gasteiger partial charge in [-0.2, -0.15) is 5.26 Å². The lowest BCUT2D eigenvalue weighted by molar-refractivity contribution is 0.661. The van der Waals surface area contributed by atoms with E-state index in [1.54, 1.807) is 0 Å². The molecule has 0 aliphatic heterocycles. The Morgan fingerprint density at radius 1 is 0.490 bits per heavy atom. The Morgan fingerprint density at radius 3 is 1.84 bits per heavy atom. The van der Waals surface area contributed by atoms with Gasteiger partial charge in [-0.25, -0.2) is 0 Å². The number of benzene rings is 7. The van der Waals surface area contributed by atoms with Crippen LogP contribution in [0.1, 0.15) is 30.5 Å². The molecule has 0 radical (unpaired) electrons. The Labute approximate surface area is 284 Å². The smallest absolute Gasteiger partial charge is 0.0992 e. The Morgan fingerprint density at radius 2 is 1.10 bits per heavy atom. The third-order valence-corrected chi connectivity index (χ3v) is 10.7. The molecule has 0 bridgehead atoms. The largest absolute Gasteiger partial charge is 0.309 e. The topological polar surface area (TPSA) is 33.6 Å². The summed E-state index contributed by atoms with van der Waals surface area (Å²) in [6.45, 7) is 4.68. The van der Waals surface area contributed by atoms with Gasteiger partial charge in [0, 0.05) is 38.3 Å². The highest BCUT2D eigenvalue weighted by Crippen LogP contribution is 2.53. The molecule has 1 aliphatic rings. The fourth-order valence-corrected chi connectivity index (χ4v) is 8.53. The van der Waals surface area contributed by atoms with Crippen molar-refractivity contribution >= 4 is 43.6 Å². The molecule has 0 unspecified atom stereocenters. The van der Waals surface area contributed by atoms with Crippen molar-refractivity contribution in [2.45, 2.75) is 19.3 Å². The first-order valence-corrected chi connectivity index (χ1v) is 16.8. The van der Waals surface area contributed by atoms with E-state index >= 15 is 0 Å². The standard InChI is InChI=1S/C46H31N3/c1-46(2)38-18-7-3-16-36(38)44-39(46)22-23-43-45(44)37-17-6-10-21-42(37)48(43)32-13-11-12-30(26-32)31-24-29(28-47)25-33(27-31)49-40-19-8-4-14-34(40)35-15-5-9-20-41(35)49/h3-27H,1-2H3. The molecule has 0 atom stereocenters. The zero-order valence-electron chi connectivity index (χ0n) is 27.3. The van der Waals surface area contributed by atoms with Crippen LogP contribution in [0.25, 0.3) is 77.2 Å². The fourth-order valence-electron chi connectivity index (χ4n) is 8.53. The number of hydrogen-bond acceptors (Lipinski definition) is 1. The van der Waals surface area contributed by atoms with Crippen molar-refractivity contribution in [3.8, 4) is 39.7 Å². The number of nitriles is 1. The maximum absolute atomic E-state index is 10.2. The molecule has 49 heavy (non-hydrogen) atoms. The Kier molecular flexibility index (Phi) is 5.69. The normalized spacial score (nSPS) is 13.2. The van der Waals surface area contributed by atoms with Crippen LogP contribution in [0.5, 0.6) is 0 Å². The molecule has 0 N–H and O–H groups in total. The van der Waals surface area contributed by atoms with Crippen molar-refractivity contribution in [1.29, 1.82) is 5.26 Å². The molecule has 2 heterocycles. The van der Waals surface area contributed by atoms with E-state index in [2.05, 4.69) is 169 Å². The second-order valence-electron chi connectivity index (χ2n) is 13.7. The summed E-state index contributed by atoms with van der Waals surface area (Å²) < 4.78 is 4.69. The minimum absolute atomic E-state index is 0.0664. The summed E-state index contributed by atoms with van der Waals surface area (Å²) in [5.41, 5.74) is 14.8. The molecule has 0 saturated carbocycles. The minimum Gasteiger partial charge on any atom is -0.309 e. The summed E-state index contributed by atoms with van der Waals surface area (Å²) >= 11 is 0. The van der Waals surface area contributed by atoms with Crippen LogP contribution in [-0.4, -0.2) is 9.13 Å². The number of nitrogens with zero attached hydrogens (tertiary/aromatic N) is 3. The van der Waals surface area contributed by atoms with Gasteiger partial charge in [0.25, 0.3) is 0 Å². The number of rotatable bonds is 3. The maximum atomic E-state index is 10.2. The van der Waals surface area contributed by atoms with E-state index in [9.17, 15) is 5.26 Å². The number of para-hydroxylation sites is 3. The summed E-state index contributed by atoms with van der Waals surface area (Å²) in [5.74, 6) is 0. The fraction of sp³-hybridized carbons (Fsp3) is 0.0652. The van der Waals surface area contributed by atoms with Gasteiger partial charge < -0.3 is 9.13 Å². The summed E-state index contributed by atoms with van der Waals surface area (Å²) in [6.07, 6.45) is 0. The van der Waals surface area contributed by atoms with Crippen LogP contribution in [0.4, 0.5) is 0 Å². The lowest BCUT2D eigenvalue weighted by Crippen LogP contribution is -2.14. The highest BCUT2D eigenvalue weighted by atomic mass is 15.0. The van der Waals surface area contributed by atoms with E-state index in [0.29, 0.717) is 5.56 Å². The minimum atomic E-state index is -0.0664. The van der Waals surface area contributed by atoms with Crippen molar-refractivity contribution in [2.75, 3.05) is 0 Å². The molecule has 10 rings (SSSR count). The van der Waals surface area contributed by atoms with Crippen LogP contribution in [0.2, 0.25) is 0 Å². The van der Waals surface area contributed by atoms with Crippen LogP contribution >= 0.6 is 0 Å². The average Bonchev–Trinajstić information content (AvgIpc) is 3.75. The molecule has 0 amide bonds. The van der Waals surface area contributed by atoms with Gasteiger partial charge in [0.15, 0.2) is 0 Å². The van der Waals surface area contributed by atoms with Crippen LogP contribution < -0.4 is 0 Å². The third-order valence-electron chi connectivity index (χ3n) is 10.7. The van der Waals surface area contributed by atoms with Gasteiger partial charge in [-0.1, -0.05) is 111 Å². The van der Waals surface area contributed by atoms with Crippen LogP contribution in [0, 0.1) is 11.3 Å². The predicted molar refractivity (Wildman–Crippen MR) is 203 cm³/mol. The molecular weight excluding hydrogens is 595 g/mol. The van der Waals surface area contributed by atoms with Crippen molar-refractivity contribution < 1.29 is 0 Å². The van der Waals surface area contributed by atoms with Gasteiger partial charge in [0.2, 0.25) is 0 Å². The van der Waals surface area contributed by atoms with Crippen LogP contribution in [-0.2, 0) is 5.41 Å². The average molecular weight is 626 g/mol. The van der Waals surface area contributed by atoms with Gasteiger partial charge in [0.05, 0.1) is 33.7 Å². The van der Waals surface area contributed by atoms with E-state index in [4.69, 9.17) is 0 Å². The zero-order valence-corrected chi connectivity index (χ0v) is 27.3. The summed E-state index contributed by atoms with van der Waals surface area (Å²) in [6, 6.07) is 56.7. The number of aromatic nitrogens is 2. The molecule has 0 spiro atoms. The molecule has 9 aromatic rings. The quantitative estimate of drug-likeness (QED) is 0.192. The highest BCUT2D eigenvalue weighted by Gasteiger charge is 2.37. The summed E-state index contributed by atoms with van der Waals surface area (Å²) in [5, 5.41) is 15.2. The van der Waals surface area contributed by atoms with Crippen LogP contribution in [0.15, 0.2) is 152 Å². The first-order chi connectivity index (χ1) is 24.0. The highest BCUT2D eigenvalue weighted by molar-refractivity contribution is 6.18. The molecule has 7 aromatic carbocycles. The number of hydrogen-bond donors (Lipinski definition) is 0. The van der Waals surface area contributed by atoms with E-state index in [-0.39, 0.29) is 5.41 Å². The van der Waals surface area contributed by atoms with Gasteiger partial charge in [-0.15, -0.1) is 0 Å². The third kappa shape index (κ3) is 3.83. The number of fused-ring (bicyclic) bond motifs is 10. The lowest BCUT2D eigenvalue weighted by atomic mass is 9.82. The first-order valence-electron chi connectivity index (χ1n) is 16.8. The van der Waals surface area contributed by atoms with Crippen molar-refractivity contribution in [3.05, 3.63) is 168 Å². The van der Waals surface area contributed by atoms with Gasteiger partial charge in [-0.05, 0) is 88.0 Å². The maximum Gasteiger partial charge on any atom is 0.0992 e. The predicted octanol–water partition coefficient (Wildman–Crippen LogP) is 11.7. The lowest BCUT2D eigenvalue weighted by Gasteiger charge is -2.21. The summed E-state index contributed by atoms with van der Waals surface area (Å²) in [4.78, 5) is 0. The van der Waals surface area contributed by atoms with Gasteiger partial charge >= 0.3 is 0 Å². The molecule has 0 saturated heterocycles. The van der Waals surface area contributed by atoms with Gasteiger partial charge in [0.1, 0.15) is 0 Å². The Bertz CT molecular complexity index is 2820. The monoisotopic (exact) mass is 625 g/mol. The van der Waals surface area contributed by atoms with Crippen molar-refractivity contribution in [1.82, 2.24) is 9.13 Å². The molecule has 0 fully saturated rings. The van der Waals surface area contributed by atoms with E-state index < -0.39 is 0 Å². The second-order valence-corrected chi connectivity index (χ2v) is 13.7. The van der Waals surface area contributed by atoms with Crippen molar-refractivity contribution in [2.24, 2.45) is 0 Å². The molecule has 3 heteroatoms. The SMILES string of the molecule is CC1(C)c2ccccc2-c2c1ccc1c2c2ccccc2n1-c1cccc(-c2cc(C#N)cc(-n3c4ccccc4c4ccccc43)c2)c1. The Balaban J connectivity index is 1.20. The molecular formula is C46H31N3. The first kappa shape index (κ1) is 27.7. The molecule has 1 aliphatic carbocycles. The van der Waals surface area contributed by atoms with E-state index in [0.717, 1.165) is 33.5 Å². The van der Waals surface area contributed by atoms with Crippen LogP contribution in [0.3, 0.4) is 0 Å². The molecule has 230 valence electrons. The van der Waals surface area contributed by atoms with E-state index in [1.165, 1.54) is 54.8 Å². The molecule has 2 aromatic heterocycles. The summed E-state index contributed by atoms with van der Waals surface area (Å²) in [7, 11) is 0. The van der Waals surface area contributed by atoms with Gasteiger partial charge in [-0.3, -0.25) is 0 Å². The molecule has 3 nitrogen and oxygen atoms in total. The zero-order chi connectivity index (χ0) is 32.9.